The molecular weight excluding hydrogens is 488 g/mol. The molecule has 3 unspecified atom stereocenters. The minimum absolute atomic E-state index is 0.0969. The number of alkyl halides is 3. The number of carboxylic acids is 1. The molecule has 0 fully saturated rings. The van der Waals surface area contributed by atoms with Gasteiger partial charge in [0.15, 0.2) is 18.6 Å². The molecule has 0 saturated heterocycles. The van der Waals surface area contributed by atoms with Gasteiger partial charge in [0.25, 0.3) is 5.91 Å². The van der Waals surface area contributed by atoms with Crippen LogP contribution in [0.2, 0.25) is 0 Å². The number of nitrogens with two attached hydrogens (primary N) is 1. The smallest absolute Gasteiger partial charge is 0.333 e. The number of rotatable bonds is 13. The molecule has 12 heteroatoms. The Kier molecular flexibility index (Phi) is 10.3. The lowest BCUT2D eigenvalue weighted by molar-refractivity contribution is -0.161. The summed E-state index contributed by atoms with van der Waals surface area (Å²) in [5.74, 6) is -1.66. The van der Waals surface area contributed by atoms with Gasteiger partial charge >= 0.3 is 11.9 Å². The predicted molar refractivity (Wildman–Crippen MR) is 125 cm³/mol. The first-order valence-electron chi connectivity index (χ1n) is 10.4. The van der Waals surface area contributed by atoms with Gasteiger partial charge in [-0.2, -0.15) is 0 Å². The van der Waals surface area contributed by atoms with Crippen LogP contribution in [0.15, 0.2) is 42.5 Å². The van der Waals surface area contributed by atoms with E-state index in [9.17, 15) is 27.9 Å². The van der Waals surface area contributed by atoms with E-state index in [1.807, 2.05) is 13.0 Å². The maximum Gasteiger partial charge on any atom is 0.333 e. The summed E-state index contributed by atoms with van der Waals surface area (Å²) < 4.78 is 55.5. The second-order valence-electron chi connectivity index (χ2n) is 7.78. The molecule has 0 heterocycles. The highest BCUT2D eigenvalue weighted by atomic mass is 31.0. The van der Waals surface area contributed by atoms with Crippen LogP contribution in [0.3, 0.4) is 0 Å². The fourth-order valence-electron chi connectivity index (χ4n) is 3.01. The second-order valence-corrected chi connectivity index (χ2v) is 8.36. The minimum atomic E-state index is -3.86. The van der Waals surface area contributed by atoms with Crippen LogP contribution in [-0.4, -0.2) is 60.3 Å². The van der Waals surface area contributed by atoms with Crippen molar-refractivity contribution in [2.24, 2.45) is 5.84 Å². The summed E-state index contributed by atoms with van der Waals surface area (Å²) in [6.45, 7) is 0.0790. The van der Waals surface area contributed by atoms with Crippen LogP contribution in [0.4, 0.5) is 13.2 Å². The Hall–Kier alpha value is -2.88. The van der Waals surface area contributed by atoms with Gasteiger partial charge in [0, 0.05) is 12.0 Å². The van der Waals surface area contributed by atoms with Gasteiger partial charge in [-0.25, -0.2) is 23.8 Å². The highest BCUT2D eigenvalue weighted by Gasteiger charge is 2.39. The van der Waals surface area contributed by atoms with Crippen molar-refractivity contribution < 1.29 is 42.1 Å². The molecule has 2 aromatic carbocycles. The number of carbonyl (C=O) groups is 2. The van der Waals surface area contributed by atoms with Crippen LogP contribution in [0.25, 0.3) is 0 Å². The molecule has 35 heavy (non-hydrogen) atoms. The second kappa shape index (κ2) is 12.7. The molecule has 0 aliphatic rings. The third-order valence-corrected chi connectivity index (χ3v) is 5.42. The molecule has 0 saturated carbocycles. The fourth-order valence-corrected chi connectivity index (χ4v) is 3.11. The Labute approximate surface area is 203 Å². The largest absolute Gasteiger partial charge is 0.496 e. The van der Waals surface area contributed by atoms with Gasteiger partial charge < -0.3 is 19.3 Å². The van der Waals surface area contributed by atoms with Crippen LogP contribution in [0, 0.1) is 6.92 Å². The monoisotopic (exact) mass is 516 g/mol. The topological polar surface area (TPSA) is 111 Å². The number of hydrogen-bond donors (Lipinski definition) is 2. The molecule has 3 atom stereocenters. The number of carbonyl (C=O) groups excluding carboxylic acids is 1. The minimum Gasteiger partial charge on any atom is -0.496 e. The lowest BCUT2D eigenvalue weighted by Crippen LogP contribution is -2.40. The van der Waals surface area contributed by atoms with E-state index < -0.39 is 36.4 Å². The zero-order chi connectivity index (χ0) is 26.2. The molecule has 0 radical (unpaired) electrons. The van der Waals surface area contributed by atoms with E-state index in [2.05, 4.69) is 0 Å². The number of aryl methyl sites for hydroxylation is 1. The number of hydrazine groups is 1. The number of ether oxygens (including phenoxy) is 3. The van der Waals surface area contributed by atoms with Crippen LogP contribution in [0.5, 0.6) is 11.5 Å². The van der Waals surface area contributed by atoms with Gasteiger partial charge in [-0.3, -0.25) is 9.80 Å². The first kappa shape index (κ1) is 28.4. The lowest BCUT2D eigenvalue weighted by atomic mass is 10.0. The summed E-state index contributed by atoms with van der Waals surface area (Å²) in [4.78, 5) is 23.9. The van der Waals surface area contributed by atoms with E-state index >= 15 is 0 Å². The molecule has 2 aromatic rings. The maximum absolute atomic E-state index is 13.5. The standard InChI is InChI=1S/C23H28F3N2O6P/c1-14-4-3-5-17(8-14)33-12-20(29)28(27)11-16-9-15(6-7-18(16)32-2)10-19(21(30)31)34-13-23(25,26)22(24)35/h3-9,19,22H,10-13,27,35H2,1-2H3,(H,30,31). The first-order chi connectivity index (χ1) is 16.4. The Morgan fingerprint density at radius 1 is 1.23 bits per heavy atom. The van der Waals surface area contributed by atoms with Gasteiger partial charge in [-0.05, 0) is 36.2 Å². The highest BCUT2D eigenvalue weighted by Crippen LogP contribution is 2.28. The Balaban J connectivity index is 2.07. The number of carboxylic acid groups (broad SMARTS) is 1. The maximum atomic E-state index is 13.5. The number of hydrogen-bond acceptors (Lipinski definition) is 6. The van der Waals surface area contributed by atoms with Gasteiger partial charge in [-0.1, -0.05) is 33.5 Å². The van der Waals surface area contributed by atoms with E-state index in [-0.39, 0.29) is 19.6 Å². The molecule has 0 bridgehead atoms. The summed E-state index contributed by atoms with van der Waals surface area (Å²) in [5, 5.41) is 10.3. The Morgan fingerprint density at radius 2 is 1.94 bits per heavy atom. The van der Waals surface area contributed by atoms with Crippen molar-refractivity contribution >= 4 is 21.1 Å². The predicted octanol–water partition coefficient (Wildman–Crippen LogP) is 3.10. The molecule has 0 aliphatic heterocycles. The van der Waals surface area contributed by atoms with E-state index in [0.29, 0.717) is 22.6 Å². The summed E-state index contributed by atoms with van der Waals surface area (Å²) in [5.41, 5.74) is 1.81. The number of methoxy groups -OCH3 is 1. The lowest BCUT2D eigenvalue weighted by Gasteiger charge is -2.22. The first-order valence-corrected chi connectivity index (χ1v) is 11.1. The Morgan fingerprint density at radius 3 is 2.54 bits per heavy atom. The van der Waals surface area contributed by atoms with Gasteiger partial charge in [0.05, 0.1) is 13.7 Å². The van der Waals surface area contributed by atoms with Gasteiger partial charge in [0.2, 0.25) is 0 Å². The highest BCUT2D eigenvalue weighted by molar-refractivity contribution is 7.17. The SMILES string of the molecule is COc1ccc(CC(OCC(F)(F)C(F)P)C(=O)O)cc1CN(N)C(=O)COc1cccc(C)c1. The number of benzene rings is 2. The summed E-state index contributed by atoms with van der Waals surface area (Å²) in [6.07, 6.45) is -1.94. The molecule has 8 nitrogen and oxygen atoms in total. The summed E-state index contributed by atoms with van der Waals surface area (Å²) in [6, 6.07) is 11.7. The molecule has 0 spiro atoms. The fraction of sp³-hybridized carbons (Fsp3) is 0.391. The summed E-state index contributed by atoms with van der Waals surface area (Å²) >= 11 is 0. The van der Waals surface area contributed by atoms with Crippen molar-refractivity contribution in [3.63, 3.8) is 0 Å². The zero-order valence-electron chi connectivity index (χ0n) is 19.2. The molecule has 192 valence electrons. The normalized spacial score (nSPS) is 13.1. The number of halogens is 3. The Bertz CT molecular complexity index is 1020. The number of nitrogens with zero attached hydrogens (tertiary/aromatic N) is 1. The molecule has 3 N–H and O–H groups in total. The van der Waals surface area contributed by atoms with Crippen molar-refractivity contribution in [1.82, 2.24) is 5.01 Å². The third kappa shape index (κ3) is 8.69. The van der Waals surface area contributed by atoms with Crippen molar-refractivity contribution in [2.45, 2.75) is 37.8 Å². The average Bonchev–Trinajstić information content (AvgIpc) is 2.80. The van der Waals surface area contributed by atoms with Crippen LogP contribution in [-0.2, 0) is 27.3 Å². The zero-order valence-corrected chi connectivity index (χ0v) is 20.4. The quantitative estimate of drug-likeness (QED) is 0.182. The number of amides is 1. The number of aliphatic carboxylic acids is 1. The molecular formula is C23H28F3N2O6P. The van der Waals surface area contributed by atoms with E-state index in [0.717, 1.165) is 10.6 Å². The van der Waals surface area contributed by atoms with E-state index in [1.165, 1.54) is 34.5 Å². The van der Waals surface area contributed by atoms with E-state index in [4.69, 9.17) is 20.1 Å². The van der Waals surface area contributed by atoms with Gasteiger partial charge in [0.1, 0.15) is 18.1 Å². The van der Waals surface area contributed by atoms with Crippen molar-refractivity contribution in [1.29, 1.82) is 0 Å². The molecule has 0 aromatic heterocycles. The third-order valence-electron chi connectivity index (χ3n) is 4.93. The van der Waals surface area contributed by atoms with Gasteiger partial charge in [-0.15, -0.1) is 0 Å². The van der Waals surface area contributed by atoms with Crippen molar-refractivity contribution in [3.05, 3.63) is 59.2 Å². The molecule has 1 amide bonds. The van der Waals surface area contributed by atoms with Crippen molar-refractivity contribution in [2.75, 3.05) is 20.3 Å². The van der Waals surface area contributed by atoms with Crippen LogP contribution < -0.4 is 15.3 Å². The molecule has 2 rings (SSSR count). The average molecular weight is 516 g/mol. The van der Waals surface area contributed by atoms with Crippen LogP contribution in [0.1, 0.15) is 16.7 Å². The van der Waals surface area contributed by atoms with Crippen LogP contribution >= 0.6 is 9.24 Å². The van der Waals surface area contributed by atoms with Crippen molar-refractivity contribution in [3.8, 4) is 11.5 Å². The van der Waals surface area contributed by atoms with E-state index in [1.54, 1.807) is 18.2 Å². The molecule has 0 aliphatic carbocycles. The summed E-state index contributed by atoms with van der Waals surface area (Å²) in [7, 11) is 2.72.